The van der Waals surface area contributed by atoms with Gasteiger partial charge in [-0.15, -0.1) is 11.3 Å². The Bertz CT molecular complexity index is 1050. The molecule has 1 N–H and O–H groups in total. The molecule has 1 aliphatic heterocycles. The molecule has 0 saturated heterocycles. The van der Waals surface area contributed by atoms with Crippen molar-refractivity contribution in [2.75, 3.05) is 10.2 Å². The summed E-state index contributed by atoms with van der Waals surface area (Å²) in [7, 11) is 0. The fourth-order valence-electron chi connectivity index (χ4n) is 3.09. The number of nitrogens with zero attached hydrogens (tertiary/aromatic N) is 1. The van der Waals surface area contributed by atoms with E-state index in [9.17, 15) is 14.0 Å². The van der Waals surface area contributed by atoms with Gasteiger partial charge in [-0.05, 0) is 59.8 Å². The van der Waals surface area contributed by atoms with Gasteiger partial charge in [0, 0.05) is 10.6 Å². The van der Waals surface area contributed by atoms with Crippen LogP contribution in [-0.2, 0) is 16.0 Å². The van der Waals surface area contributed by atoms with Crippen molar-refractivity contribution in [2.24, 2.45) is 0 Å². The molecule has 2 aromatic carbocycles. The lowest BCUT2D eigenvalue weighted by Gasteiger charge is -2.15. The SMILES string of the molecule is CCc1ccc(NC2=C(c3cccs3)C(=O)N(c3ccc(F)cc3)C2=O)cc1. The number of aryl methyl sites for hydroxylation is 1. The Morgan fingerprint density at radius 2 is 1.68 bits per heavy atom. The highest BCUT2D eigenvalue weighted by atomic mass is 32.1. The molecule has 1 aliphatic rings. The van der Waals surface area contributed by atoms with E-state index >= 15 is 0 Å². The van der Waals surface area contributed by atoms with Crippen LogP contribution in [0.4, 0.5) is 15.8 Å². The first-order valence-corrected chi connectivity index (χ1v) is 9.75. The van der Waals surface area contributed by atoms with E-state index in [1.165, 1.54) is 41.2 Å². The van der Waals surface area contributed by atoms with Crippen LogP contribution in [0.2, 0.25) is 0 Å². The molecule has 2 amide bonds. The lowest BCUT2D eigenvalue weighted by Crippen LogP contribution is -2.32. The van der Waals surface area contributed by atoms with Crippen LogP contribution in [0.3, 0.4) is 0 Å². The minimum atomic E-state index is -0.459. The quantitative estimate of drug-likeness (QED) is 0.632. The summed E-state index contributed by atoms with van der Waals surface area (Å²) in [5.41, 5.74) is 2.79. The zero-order valence-corrected chi connectivity index (χ0v) is 15.9. The number of anilines is 2. The van der Waals surface area contributed by atoms with Gasteiger partial charge in [-0.1, -0.05) is 25.1 Å². The van der Waals surface area contributed by atoms with Crippen LogP contribution < -0.4 is 10.2 Å². The molecule has 0 atom stereocenters. The monoisotopic (exact) mass is 392 g/mol. The number of nitrogens with one attached hydrogen (secondary N) is 1. The van der Waals surface area contributed by atoms with Gasteiger partial charge in [0.25, 0.3) is 11.8 Å². The first-order valence-electron chi connectivity index (χ1n) is 8.87. The maximum atomic E-state index is 13.3. The fourth-order valence-corrected chi connectivity index (χ4v) is 3.86. The predicted molar refractivity (Wildman–Crippen MR) is 110 cm³/mol. The molecular weight excluding hydrogens is 375 g/mol. The second-order valence-electron chi connectivity index (χ2n) is 6.32. The Balaban J connectivity index is 1.75. The summed E-state index contributed by atoms with van der Waals surface area (Å²) >= 11 is 1.39. The molecule has 0 radical (unpaired) electrons. The second kappa shape index (κ2) is 7.40. The average Bonchev–Trinajstić information content (AvgIpc) is 3.31. The van der Waals surface area contributed by atoms with E-state index in [2.05, 4.69) is 12.2 Å². The maximum Gasteiger partial charge on any atom is 0.282 e. The van der Waals surface area contributed by atoms with Gasteiger partial charge in [0.1, 0.15) is 11.5 Å². The molecule has 0 fully saturated rings. The number of amides is 2. The van der Waals surface area contributed by atoms with E-state index < -0.39 is 17.6 Å². The zero-order valence-electron chi connectivity index (χ0n) is 15.1. The standard InChI is InChI=1S/C22H17FN2O2S/c1-2-14-5-9-16(10-6-14)24-20-19(18-4-3-13-28-18)21(26)25(22(20)27)17-11-7-15(23)8-12-17/h3-13,24H,2H2,1H3. The predicted octanol–water partition coefficient (Wildman–Crippen LogP) is 4.85. The highest BCUT2D eigenvalue weighted by Gasteiger charge is 2.40. The fraction of sp³-hybridized carbons (Fsp3) is 0.0909. The molecule has 2 heterocycles. The minimum absolute atomic E-state index is 0.223. The molecular formula is C22H17FN2O2S. The van der Waals surface area contributed by atoms with Crippen LogP contribution in [0, 0.1) is 5.82 Å². The van der Waals surface area contributed by atoms with Crippen LogP contribution in [0.25, 0.3) is 5.57 Å². The molecule has 0 aliphatic carbocycles. The van der Waals surface area contributed by atoms with E-state index in [1.54, 1.807) is 6.07 Å². The minimum Gasteiger partial charge on any atom is -0.350 e. The molecule has 4 nitrogen and oxygen atoms in total. The highest BCUT2D eigenvalue weighted by Crippen LogP contribution is 2.35. The van der Waals surface area contributed by atoms with E-state index in [4.69, 9.17) is 0 Å². The Hall–Kier alpha value is -3.25. The van der Waals surface area contributed by atoms with Gasteiger partial charge >= 0.3 is 0 Å². The summed E-state index contributed by atoms with van der Waals surface area (Å²) in [4.78, 5) is 28.0. The third-order valence-electron chi connectivity index (χ3n) is 4.57. The van der Waals surface area contributed by atoms with Gasteiger partial charge in [-0.25, -0.2) is 9.29 Å². The molecule has 140 valence electrons. The van der Waals surface area contributed by atoms with Crippen molar-refractivity contribution < 1.29 is 14.0 Å². The number of thiophene rings is 1. The number of imide groups is 1. The van der Waals surface area contributed by atoms with Gasteiger partial charge in [0.05, 0.1) is 11.3 Å². The van der Waals surface area contributed by atoms with Crippen molar-refractivity contribution >= 4 is 40.1 Å². The summed E-state index contributed by atoms with van der Waals surface area (Å²) in [6, 6.07) is 16.7. The van der Waals surface area contributed by atoms with Gasteiger partial charge in [0.15, 0.2) is 0 Å². The Kier molecular flexibility index (Phi) is 4.79. The molecule has 0 unspecified atom stereocenters. The van der Waals surface area contributed by atoms with Crippen molar-refractivity contribution in [3.63, 3.8) is 0 Å². The Morgan fingerprint density at radius 3 is 2.29 bits per heavy atom. The van der Waals surface area contributed by atoms with Crippen LogP contribution in [-0.4, -0.2) is 11.8 Å². The first kappa shape index (κ1) is 18.1. The Morgan fingerprint density at radius 1 is 0.964 bits per heavy atom. The van der Waals surface area contributed by atoms with Crippen LogP contribution in [0.5, 0.6) is 0 Å². The third kappa shape index (κ3) is 3.23. The van der Waals surface area contributed by atoms with Crippen molar-refractivity contribution in [3.8, 4) is 0 Å². The maximum absolute atomic E-state index is 13.3. The lowest BCUT2D eigenvalue weighted by atomic mass is 10.1. The smallest absolute Gasteiger partial charge is 0.282 e. The summed E-state index contributed by atoms with van der Waals surface area (Å²) in [5.74, 6) is -1.31. The van der Waals surface area contributed by atoms with E-state index in [-0.39, 0.29) is 5.70 Å². The van der Waals surface area contributed by atoms with Crippen molar-refractivity contribution in [2.45, 2.75) is 13.3 Å². The lowest BCUT2D eigenvalue weighted by molar-refractivity contribution is -0.120. The number of carbonyl (C=O) groups excluding carboxylic acids is 2. The summed E-state index contributed by atoms with van der Waals surface area (Å²) in [6.45, 7) is 2.07. The van der Waals surface area contributed by atoms with Crippen molar-refractivity contribution in [1.29, 1.82) is 0 Å². The molecule has 4 rings (SSSR count). The van der Waals surface area contributed by atoms with Crippen molar-refractivity contribution in [1.82, 2.24) is 0 Å². The largest absolute Gasteiger partial charge is 0.350 e. The number of carbonyl (C=O) groups is 2. The molecule has 6 heteroatoms. The van der Waals surface area contributed by atoms with Crippen LogP contribution in [0.1, 0.15) is 17.4 Å². The van der Waals surface area contributed by atoms with Crippen molar-refractivity contribution in [3.05, 3.63) is 88.0 Å². The first-order chi connectivity index (χ1) is 13.6. The molecule has 0 spiro atoms. The molecule has 3 aromatic rings. The molecule has 0 bridgehead atoms. The number of rotatable bonds is 5. The van der Waals surface area contributed by atoms with Gasteiger partial charge < -0.3 is 5.32 Å². The van der Waals surface area contributed by atoms with Gasteiger partial charge in [0.2, 0.25) is 0 Å². The topological polar surface area (TPSA) is 49.4 Å². The zero-order chi connectivity index (χ0) is 19.7. The molecule has 1 aromatic heterocycles. The van der Waals surface area contributed by atoms with Crippen LogP contribution >= 0.6 is 11.3 Å². The third-order valence-corrected chi connectivity index (χ3v) is 5.46. The normalized spacial score (nSPS) is 14.1. The number of hydrogen-bond donors (Lipinski definition) is 1. The number of halogens is 1. The van der Waals surface area contributed by atoms with E-state index in [0.29, 0.717) is 16.1 Å². The van der Waals surface area contributed by atoms with Gasteiger partial charge in [-0.2, -0.15) is 0 Å². The molecule has 28 heavy (non-hydrogen) atoms. The summed E-state index contributed by atoms with van der Waals surface area (Å²) in [6.07, 6.45) is 0.916. The second-order valence-corrected chi connectivity index (χ2v) is 7.27. The van der Waals surface area contributed by atoms with E-state index in [1.807, 2.05) is 35.7 Å². The Labute approximate surface area is 165 Å². The highest BCUT2D eigenvalue weighted by molar-refractivity contribution is 7.11. The van der Waals surface area contributed by atoms with E-state index in [0.717, 1.165) is 17.0 Å². The van der Waals surface area contributed by atoms with Crippen LogP contribution in [0.15, 0.2) is 71.7 Å². The summed E-state index contributed by atoms with van der Waals surface area (Å²) in [5, 5.41) is 4.98. The average molecular weight is 392 g/mol. The van der Waals surface area contributed by atoms with Gasteiger partial charge in [-0.3, -0.25) is 9.59 Å². The number of hydrogen-bond acceptors (Lipinski definition) is 4. The molecule has 0 saturated carbocycles. The number of benzene rings is 2. The summed E-state index contributed by atoms with van der Waals surface area (Å²) < 4.78 is 13.3.